The van der Waals surface area contributed by atoms with E-state index in [4.69, 9.17) is 4.74 Å². The van der Waals surface area contributed by atoms with E-state index < -0.39 is 0 Å². The van der Waals surface area contributed by atoms with Crippen LogP contribution in [0.1, 0.15) is 110 Å². The van der Waals surface area contributed by atoms with Gasteiger partial charge < -0.3 is 4.74 Å². The first-order chi connectivity index (χ1) is 12.7. The summed E-state index contributed by atoms with van der Waals surface area (Å²) in [6, 6.07) is 0. The van der Waals surface area contributed by atoms with Crippen molar-refractivity contribution in [2.75, 3.05) is 0 Å². The van der Waals surface area contributed by atoms with Crippen LogP contribution in [0.3, 0.4) is 0 Å². The van der Waals surface area contributed by atoms with Crippen LogP contribution in [0.4, 0.5) is 0 Å². The molecule has 3 rings (SSSR count). The van der Waals surface area contributed by atoms with Gasteiger partial charge in [0.05, 0.1) is 5.92 Å². The second kappa shape index (κ2) is 10.1. The smallest absolute Gasteiger partial charge is 0.309 e. The van der Waals surface area contributed by atoms with Gasteiger partial charge in [0.2, 0.25) is 0 Å². The molecule has 0 bridgehead atoms. The van der Waals surface area contributed by atoms with Crippen LogP contribution in [0.2, 0.25) is 0 Å². The van der Waals surface area contributed by atoms with E-state index >= 15 is 0 Å². The van der Waals surface area contributed by atoms with Gasteiger partial charge in [0.25, 0.3) is 0 Å². The Morgan fingerprint density at radius 3 is 2.23 bits per heavy atom. The molecule has 0 aromatic heterocycles. The third-order valence-corrected chi connectivity index (χ3v) is 7.92. The topological polar surface area (TPSA) is 26.3 Å². The summed E-state index contributed by atoms with van der Waals surface area (Å²) in [6.45, 7) is 4.62. The van der Waals surface area contributed by atoms with Gasteiger partial charge >= 0.3 is 5.97 Å². The van der Waals surface area contributed by atoms with E-state index in [0.29, 0.717) is 0 Å². The number of hydrogen-bond acceptors (Lipinski definition) is 2. The quantitative estimate of drug-likeness (QED) is 0.363. The van der Waals surface area contributed by atoms with Crippen LogP contribution >= 0.6 is 0 Å². The maximum atomic E-state index is 12.7. The number of esters is 1. The van der Waals surface area contributed by atoms with E-state index in [9.17, 15) is 4.79 Å². The molecule has 3 saturated carbocycles. The molecule has 0 aliphatic heterocycles. The summed E-state index contributed by atoms with van der Waals surface area (Å²) >= 11 is 0. The SMILES string of the molecule is CCCCCC1CCC(OC(=O)C2CCC3CC(CC)CCC3C2)CC1. The van der Waals surface area contributed by atoms with Crippen molar-refractivity contribution in [3.8, 4) is 0 Å². The zero-order valence-corrected chi connectivity index (χ0v) is 17.4. The molecule has 3 fully saturated rings. The van der Waals surface area contributed by atoms with Crippen LogP contribution in [0, 0.1) is 29.6 Å². The summed E-state index contributed by atoms with van der Waals surface area (Å²) in [5.74, 6) is 3.90. The van der Waals surface area contributed by atoms with Crippen LogP contribution in [0.25, 0.3) is 0 Å². The number of carbonyl (C=O) groups excluding carboxylic acids is 1. The zero-order valence-electron chi connectivity index (χ0n) is 17.4. The number of unbranched alkanes of at least 4 members (excludes halogenated alkanes) is 2. The number of rotatable bonds is 7. The van der Waals surface area contributed by atoms with Crippen molar-refractivity contribution in [2.45, 2.75) is 116 Å². The number of ether oxygens (including phenoxy) is 1. The van der Waals surface area contributed by atoms with E-state index in [-0.39, 0.29) is 18.0 Å². The van der Waals surface area contributed by atoms with Crippen molar-refractivity contribution >= 4 is 5.97 Å². The molecule has 3 aliphatic carbocycles. The molecule has 150 valence electrons. The van der Waals surface area contributed by atoms with E-state index in [1.54, 1.807) is 0 Å². The third-order valence-electron chi connectivity index (χ3n) is 7.92. The fourth-order valence-electron chi connectivity index (χ4n) is 6.05. The molecule has 4 unspecified atom stereocenters. The van der Waals surface area contributed by atoms with Crippen LogP contribution < -0.4 is 0 Å². The Labute approximate surface area is 161 Å². The Morgan fingerprint density at radius 1 is 0.808 bits per heavy atom. The van der Waals surface area contributed by atoms with Gasteiger partial charge in [-0.05, 0) is 81.5 Å². The molecule has 0 heterocycles. The maximum absolute atomic E-state index is 12.7. The molecule has 0 aromatic rings. The molecule has 26 heavy (non-hydrogen) atoms. The van der Waals surface area contributed by atoms with Gasteiger partial charge in [-0.3, -0.25) is 4.79 Å². The summed E-state index contributed by atoms with van der Waals surface area (Å²) in [6.07, 6.45) is 19.4. The lowest BCUT2D eigenvalue weighted by Gasteiger charge is -2.41. The second-order valence-electron chi connectivity index (χ2n) is 9.69. The lowest BCUT2D eigenvalue weighted by molar-refractivity contribution is -0.158. The van der Waals surface area contributed by atoms with Gasteiger partial charge in [0.1, 0.15) is 6.10 Å². The largest absolute Gasteiger partial charge is 0.462 e. The zero-order chi connectivity index (χ0) is 18.4. The molecule has 3 aliphatic rings. The monoisotopic (exact) mass is 362 g/mol. The lowest BCUT2D eigenvalue weighted by atomic mass is 9.64. The minimum atomic E-state index is 0.149. The molecular weight excluding hydrogens is 320 g/mol. The van der Waals surface area contributed by atoms with Crippen molar-refractivity contribution in [2.24, 2.45) is 29.6 Å². The van der Waals surface area contributed by atoms with Crippen molar-refractivity contribution in [1.82, 2.24) is 0 Å². The third kappa shape index (κ3) is 5.49. The molecule has 0 spiro atoms. The molecule has 0 amide bonds. The molecule has 4 atom stereocenters. The number of hydrogen-bond donors (Lipinski definition) is 0. The Morgan fingerprint density at radius 2 is 1.50 bits per heavy atom. The van der Waals surface area contributed by atoms with Gasteiger partial charge in [-0.25, -0.2) is 0 Å². The first-order valence-corrected chi connectivity index (χ1v) is 11.9. The highest BCUT2D eigenvalue weighted by molar-refractivity contribution is 5.72. The van der Waals surface area contributed by atoms with Crippen molar-refractivity contribution in [1.29, 1.82) is 0 Å². The van der Waals surface area contributed by atoms with Crippen LogP contribution in [-0.2, 0) is 9.53 Å². The summed E-state index contributed by atoms with van der Waals surface area (Å²) in [7, 11) is 0. The second-order valence-corrected chi connectivity index (χ2v) is 9.69. The Kier molecular flexibility index (Phi) is 7.88. The summed E-state index contributed by atoms with van der Waals surface area (Å²) in [5.41, 5.74) is 0. The summed E-state index contributed by atoms with van der Waals surface area (Å²) in [5, 5.41) is 0. The highest BCUT2D eigenvalue weighted by Crippen LogP contribution is 2.45. The normalized spacial score (nSPS) is 37.8. The van der Waals surface area contributed by atoms with Gasteiger partial charge in [0.15, 0.2) is 0 Å². The maximum Gasteiger partial charge on any atom is 0.309 e. The van der Waals surface area contributed by atoms with Gasteiger partial charge in [-0.1, -0.05) is 52.4 Å². The van der Waals surface area contributed by atoms with Crippen LogP contribution in [-0.4, -0.2) is 12.1 Å². The molecule has 0 aromatic carbocycles. The highest BCUT2D eigenvalue weighted by Gasteiger charge is 2.38. The molecule has 0 saturated heterocycles. The highest BCUT2D eigenvalue weighted by atomic mass is 16.5. The lowest BCUT2D eigenvalue weighted by Crippen LogP contribution is -2.36. The fraction of sp³-hybridized carbons (Fsp3) is 0.958. The Balaban J connectivity index is 1.37. The summed E-state index contributed by atoms with van der Waals surface area (Å²) in [4.78, 5) is 12.7. The van der Waals surface area contributed by atoms with Crippen molar-refractivity contribution in [3.63, 3.8) is 0 Å². The minimum Gasteiger partial charge on any atom is -0.462 e. The first-order valence-electron chi connectivity index (χ1n) is 11.9. The minimum absolute atomic E-state index is 0.149. The predicted molar refractivity (Wildman–Crippen MR) is 108 cm³/mol. The van der Waals surface area contributed by atoms with E-state index in [0.717, 1.165) is 49.4 Å². The van der Waals surface area contributed by atoms with Crippen molar-refractivity contribution in [3.05, 3.63) is 0 Å². The fourth-order valence-corrected chi connectivity index (χ4v) is 6.05. The van der Waals surface area contributed by atoms with Gasteiger partial charge in [-0.15, -0.1) is 0 Å². The number of fused-ring (bicyclic) bond motifs is 1. The number of carbonyl (C=O) groups is 1. The first kappa shape index (κ1) is 20.2. The molecule has 0 N–H and O–H groups in total. The van der Waals surface area contributed by atoms with Crippen LogP contribution in [0.15, 0.2) is 0 Å². The van der Waals surface area contributed by atoms with E-state index in [1.165, 1.54) is 70.6 Å². The summed E-state index contributed by atoms with van der Waals surface area (Å²) < 4.78 is 5.99. The Bertz CT molecular complexity index is 424. The van der Waals surface area contributed by atoms with Gasteiger partial charge in [-0.2, -0.15) is 0 Å². The Hall–Kier alpha value is -0.530. The molecule has 0 radical (unpaired) electrons. The van der Waals surface area contributed by atoms with Crippen LogP contribution in [0.5, 0.6) is 0 Å². The molecule has 2 heteroatoms. The standard InChI is InChI=1S/C24H42O2/c1-3-5-6-7-19-9-14-23(15-10-19)26-24(25)22-13-12-20-16-18(4-2)8-11-21(20)17-22/h18-23H,3-17H2,1-2H3. The average molecular weight is 363 g/mol. The van der Waals surface area contributed by atoms with E-state index in [2.05, 4.69) is 13.8 Å². The molecular formula is C24H42O2. The average Bonchev–Trinajstić information content (AvgIpc) is 2.68. The molecule has 2 nitrogen and oxygen atoms in total. The van der Waals surface area contributed by atoms with Gasteiger partial charge in [0, 0.05) is 0 Å². The van der Waals surface area contributed by atoms with E-state index in [1.807, 2.05) is 0 Å². The predicted octanol–water partition coefficient (Wildman–Crippen LogP) is 6.91. The van der Waals surface area contributed by atoms with Crippen molar-refractivity contribution < 1.29 is 9.53 Å².